The van der Waals surface area contributed by atoms with Gasteiger partial charge in [0, 0.05) is 6.42 Å². The van der Waals surface area contributed by atoms with E-state index in [1.165, 1.54) is 5.56 Å². The van der Waals surface area contributed by atoms with Crippen molar-refractivity contribution in [3.05, 3.63) is 35.9 Å². The molecule has 0 bridgehead atoms. The first-order chi connectivity index (χ1) is 6.33. The second-order valence-corrected chi connectivity index (χ2v) is 3.53. The van der Waals surface area contributed by atoms with Gasteiger partial charge in [-0.2, -0.15) is 0 Å². The van der Waals surface area contributed by atoms with E-state index in [1.807, 2.05) is 6.07 Å². The number of hydrogen-bond acceptors (Lipinski definition) is 1. The van der Waals surface area contributed by atoms with Crippen LogP contribution in [0, 0.1) is 5.92 Å². The van der Waals surface area contributed by atoms with Gasteiger partial charge in [-0.25, -0.2) is 0 Å². The number of rotatable bonds is 5. The highest BCUT2D eigenvalue weighted by atomic mass is 16.1. The molecule has 0 unspecified atom stereocenters. The Morgan fingerprint density at radius 1 is 1.31 bits per heavy atom. The molecule has 1 nitrogen and oxygen atoms in total. The summed E-state index contributed by atoms with van der Waals surface area (Å²) in [5.41, 5.74) is 1.36. The zero-order chi connectivity index (χ0) is 9.52. The maximum absolute atomic E-state index is 10.2. The molecule has 0 amide bonds. The second kappa shape index (κ2) is 5.52. The Bertz CT molecular complexity index is 241. The Labute approximate surface area is 79.8 Å². The molecule has 0 aliphatic carbocycles. The molecule has 0 saturated heterocycles. The van der Waals surface area contributed by atoms with Crippen LogP contribution < -0.4 is 0 Å². The van der Waals surface area contributed by atoms with Gasteiger partial charge in [0.15, 0.2) is 0 Å². The first kappa shape index (κ1) is 9.97. The minimum atomic E-state index is 0.512. The molecule has 1 heteroatoms. The van der Waals surface area contributed by atoms with Crippen molar-refractivity contribution < 1.29 is 4.79 Å². The van der Waals surface area contributed by atoms with Crippen LogP contribution in [0.2, 0.25) is 0 Å². The van der Waals surface area contributed by atoms with Crippen LogP contribution in [0.25, 0.3) is 0 Å². The van der Waals surface area contributed by atoms with Crippen LogP contribution in [-0.2, 0) is 11.2 Å². The van der Waals surface area contributed by atoms with Gasteiger partial charge in [0.25, 0.3) is 0 Å². The first-order valence-electron chi connectivity index (χ1n) is 4.80. The Balaban J connectivity index is 2.30. The molecule has 0 spiro atoms. The molecule has 0 saturated carbocycles. The molecule has 1 atom stereocenters. The molecular formula is C12H16O. The quantitative estimate of drug-likeness (QED) is 0.630. The van der Waals surface area contributed by atoms with Crippen molar-refractivity contribution in [2.75, 3.05) is 0 Å². The van der Waals surface area contributed by atoms with Gasteiger partial charge in [-0.15, -0.1) is 0 Å². The molecular weight excluding hydrogens is 160 g/mol. The van der Waals surface area contributed by atoms with Crippen LogP contribution in [0.1, 0.15) is 25.3 Å². The van der Waals surface area contributed by atoms with E-state index in [0.717, 1.165) is 19.1 Å². The van der Waals surface area contributed by atoms with Gasteiger partial charge in [0.1, 0.15) is 6.29 Å². The van der Waals surface area contributed by atoms with Gasteiger partial charge in [0.05, 0.1) is 0 Å². The van der Waals surface area contributed by atoms with Crippen LogP contribution >= 0.6 is 0 Å². The number of carbonyl (C=O) groups excluding carboxylic acids is 1. The van der Waals surface area contributed by atoms with Crippen molar-refractivity contribution in [1.29, 1.82) is 0 Å². The largest absolute Gasteiger partial charge is 0.303 e. The summed E-state index contributed by atoms with van der Waals surface area (Å²) >= 11 is 0. The van der Waals surface area contributed by atoms with Crippen molar-refractivity contribution in [3.63, 3.8) is 0 Å². The van der Waals surface area contributed by atoms with E-state index in [2.05, 4.69) is 31.2 Å². The Morgan fingerprint density at radius 2 is 2.00 bits per heavy atom. The molecule has 13 heavy (non-hydrogen) atoms. The van der Waals surface area contributed by atoms with E-state index < -0.39 is 0 Å². The summed E-state index contributed by atoms with van der Waals surface area (Å²) in [4.78, 5) is 10.2. The van der Waals surface area contributed by atoms with E-state index >= 15 is 0 Å². The molecule has 0 radical (unpaired) electrons. The topological polar surface area (TPSA) is 17.1 Å². The third kappa shape index (κ3) is 3.88. The van der Waals surface area contributed by atoms with Gasteiger partial charge in [-0.05, 0) is 24.3 Å². The molecule has 0 N–H and O–H groups in total. The number of hydrogen-bond donors (Lipinski definition) is 0. The van der Waals surface area contributed by atoms with Crippen molar-refractivity contribution in [2.45, 2.75) is 26.2 Å². The average molecular weight is 176 g/mol. The number of carbonyl (C=O) groups is 1. The van der Waals surface area contributed by atoms with Crippen molar-refractivity contribution in [3.8, 4) is 0 Å². The van der Waals surface area contributed by atoms with Crippen LogP contribution in [0.15, 0.2) is 30.3 Å². The molecule has 70 valence electrons. The predicted molar refractivity (Wildman–Crippen MR) is 54.6 cm³/mol. The molecule has 0 aromatic heterocycles. The SMILES string of the molecule is C[C@@H](CC=O)CCc1ccccc1. The van der Waals surface area contributed by atoms with E-state index in [-0.39, 0.29) is 0 Å². The summed E-state index contributed by atoms with van der Waals surface area (Å²) in [5.74, 6) is 0.512. The van der Waals surface area contributed by atoms with Crippen LogP contribution in [0.3, 0.4) is 0 Å². The monoisotopic (exact) mass is 176 g/mol. The molecule has 0 aliphatic heterocycles. The second-order valence-electron chi connectivity index (χ2n) is 3.53. The lowest BCUT2D eigenvalue weighted by molar-refractivity contribution is -0.108. The molecule has 1 aromatic rings. The van der Waals surface area contributed by atoms with Crippen LogP contribution in [0.4, 0.5) is 0 Å². The average Bonchev–Trinajstić information content (AvgIpc) is 2.17. The maximum Gasteiger partial charge on any atom is 0.120 e. The number of aryl methyl sites for hydroxylation is 1. The fourth-order valence-electron chi connectivity index (χ4n) is 1.34. The molecule has 1 rings (SSSR count). The fraction of sp³-hybridized carbons (Fsp3) is 0.417. The Morgan fingerprint density at radius 3 is 2.62 bits per heavy atom. The first-order valence-corrected chi connectivity index (χ1v) is 4.80. The van der Waals surface area contributed by atoms with Gasteiger partial charge in [-0.3, -0.25) is 0 Å². The van der Waals surface area contributed by atoms with E-state index in [1.54, 1.807) is 0 Å². The normalized spacial score (nSPS) is 12.4. The zero-order valence-electron chi connectivity index (χ0n) is 8.07. The third-order valence-corrected chi connectivity index (χ3v) is 2.27. The van der Waals surface area contributed by atoms with Crippen molar-refractivity contribution in [2.24, 2.45) is 5.92 Å². The maximum atomic E-state index is 10.2. The highest BCUT2D eigenvalue weighted by molar-refractivity contribution is 5.49. The lowest BCUT2D eigenvalue weighted by Crippen LogP contribution is -1.97. The summed E-state index contributed by atoms with van der Waals surface area (Å²) in [7, 11) is 0. The third-order valence-electron chi connectivity index (χ3n) is 2.27. The summed E-state index contributed by atoms with van der Waals surface area (Å²) in [6.45, 7) is 2.12. The van der Waals surface area contributed by atoms with Crippen LogP contribution in [-0.4, -0.2) is 6.29 Å². The van der Waals surface area contributed by atoms with E-state index in [4.69, 9.17) is 0 Å². The van der Waals surface area contributed by atoms with E-state index in [9.17, 15) is 4.79 Å². The predicted octanol–water partition coefficient (Wildman–Crippen LogP) is 2.84. The number of benzene rings is 1. The highest BCUT2D eigenvalue weighted by Crippen LogP contribution is 2.10. The summed E-state index contributed by atoms with van der Waals surface area (Å²) in [6.07, 6.45) is 3.88. The van der Waals surface area contributed by atoms with Gasteiger partial charge in [-0.1, -0.05) is 37.3 Å². The van der Waals surface area contributed by atoms with Crippen molar-refractivity contribution in [1.82, 2.24) is 0 Å². The highest BCUT2D eigenvalue weighted by Gasteiger charge is 2.00. The number of aldehydes is 1. The van der Waals surface area contributed by atoms with Gasteiger partial charge in [0.2, 0.25) is 0 Å². The zero-order valence-corrected chi connectivity index (χ0v) is 8.07. The van der Waals surface area contributed by atoms with Crippen molar-refractivity contribution >= 4 is 6.29 Å². The lowest BCUT2D eigenvalue weighted by atomic mass is 9.99. The summed E-state index contributed by atoms with van der Waals surface area (Å²) in [5, 5.41) is 0. The minimum Gasteiger partial charge on any atom is -0.303 e. The lowest BCUT2D eigenvalue weighted by Gasteiger charge is -2.06. The summed E-state index contributed by atoms with van der Waals surface area (Å²) < 4.78 is 0. The van der Waals surface area contributed by atoms with E-state index in [0.29, 0.717) is 12.3 Å². The molecule has 0 fully saturated rings. The summed E-state index contributed by atoms with van der Waals surface area (Å²) in [6, 6.07) is 10.4. The Kier molecular flexibility index (Phi) is 4.24. The molecule has 0 aliphatic rings. The smallest absolute Gasteiger partial charge is 0.120 e. The van der Waals surface area contributed by atoms with Crippen LogP contribution in [0.5, 0.6) is 0 Å². The minimum absolute atomic E-state index is 0.512. The molecule has 1 aromatic carbocycles. The molecule has 0 heterocycles. The van der Waals surface area contributed by atoms with Gasteiger partial charge >= 0.3 is 0 Å². The fourth-order valence-corrected chi connectivity index (χ4v) is 1.34. The standard InChI is InChI=1S/C12H16O/c1-11(9-10-13)7-8-12-5-3-2-4-6-12/h2-6,10-11H,7-9H2,1H3/t11-/m1/s1. The van der Waals surface area contributed by atoms with Gasteiger partial charge < -0.3 is 4.79 Å². The Hall–Kier alpha value is -1.11.